The second-order valence-corrected chi connectivity index (χ2v) is 5.94. The van der Waals surface area contributed by atoms with Crippen molar-refractivity contribution in [3.8, 4) is 0 Å². The summed E-state index contributed by atoms with van der Waals surface area (Å²) in [7, 11) is 0. The van der Waals surface area contributed by atoms with Crippen LogP contribution < -0.4 is 0 Å². The highest BCUT2D eigenvalue weighted by atomic mass is 16.3. The number of ketones is 1. The molecule has 0 spiro atoms. The van der Waals surface area contributed by atoms with Crippen LogP contribution in [0.5, 0.6) is 0 Å². The Labute approximate surface area is 115 Å². The number of hydrogen-bond acceptors (Lipinski definition) is 3. The fourth-order valence-corrected chi connectivity index (χ4v) is 2.52. The second kappa shape index (κ2) is 5.43. The van der Waals surface area contributed by atoms with E-state index in [1.54, 1.807) is 0 Å². The van der Waals surface area contributed by atoms with Gasteiger partial charge in [-0.15, -0.1) is 0 Å². The molecule has 1 aliphatic heterocycles. The maximum absolute atomic E-state index is 12.4. The third-order valence-electron chi connectivity index (χ3n) is 4.14. The summed E-state index contributed by atoms with van der Waals surface area (Å²) in [6.07, 6.45) is 1.47. The van der Waals surface area contributed by atoms with E-state index in [9.17, 15) is 9.90 Å². The fourth-order valence-electron chi connectivity index (χ4n) is 2.52. The molecule has 3 nitrogen and oxygen atoms in total. The first kappa shape index (κ1) is 14.2. The topological polar surface area (TPSA) is 40.5 Å². The third kappa shape index (κ3) is 3.43. The summed E-state index contributed by atoms with van der Waals surface area (Å²) < 4.78 is 0. The highest BCUT2D eigenvalue weighted by molar-refractivity contribution is 5.99. The number of rotatable bonds is 3. The summed E-state index contributed by atoms with van der Waals surface area (Å²) in [5, 5.41) is 9.95. The first-order valence-electron chi connectivity index (χ1n) is 6.96. The van der Waals surface area contributed by atoms with Gasteiger partial charge in [-0.3, -0.25) is 9.69 Å². The standard InChI is InChI=1S/C16H23NO2/c1-12-4-6-14(7-5-12)15(18)13(2)17-10-8-16(3,19)9-11-17/h4-7,13,19H,8-11H2,1-3H3. The number of aliphatic hydroxyl groups is 1. The average Bonchev–Trinajstić information content (AvgIpc) is 2.38. The Kier molecular flexibility index (Phi) is 4.07. The average molecular weight is 261 g/mol. The molecule has 0 bridgehead atoms. The minimum absolute atomic E-state index is 0.112. The Balaban J connectivity index is 2.02. The lowest BCUT2D eigenvalue weighted by Crippen LogP contribution is -2.48. The van der Waals surface area contributed by atoms with Crippen molar-refractivity contribution in [2.75, 3.05) is 13.1 Å². The number of piperidine rings is 1. The second-order valence-electron chi connectivity index (χ2n) is 5.94. The van der Waals surface area contributed by atoms with Crippen LogP contribution in [0.25, 0.3) is 0 Å². The van der Waals surface area contributed by atoms with Crippen molar-refractivity contribution in [2.24, 2.45) is 0 Å². The van der Waals surface area contributed by atoms with Crippen molar-refractivity contribution < 1.29 is 9.90 Å². The van der Waals surface area contributed by atoms with Gasteiger partial charge in [0.05, 0.1) is 11.6 Å². The number of hydrogen-bond donors (Lipinski definition) is 1. The fraction of sp³-hybridized carbons (Fsp3) is 0.562. The van der Waals surface area contributed by atoms with Crippen molar-refractivity contribution in [2.45, 2.75) is 45.3 Å². The predicted octanol–water partition coefficient (Wildman–Crippen LogP) is 2.41. The van der Waals surface area contributed by atoms with Gasteiger partial charge in [0.25, 0.3) is 0 Å². The van der Waals surface area contributed by atoms with Gasteiger partial charge in [-0.25, -0.2) is 0 Å². The Morgan fingerprint density at radius 2 is 1.79 bits per heavy atom. The molecule has 0 saturated carbocycles. The predicted molar refractivity (Wildman–Crippen MR) is 76.4 cm³/mol. The SMILES string of the molecule is Cc1ccc(C(=O)C(C)N2CCC(C)(O)CC2)cc1. The van der Waals surface area contributed by atoms with Crippen molar-refractivity contribution in [1.82, 2.24) is 4.90 Å². The first-order valence-corrected chi connectivity index (χ1v) is 6.96. The van der Waals surface area contributed by atoms with Crippen LogP contribution in [0.4, 0.5) is 0 Å². The van der Waals surface area contributed by atoms with Crippen LogP contribution in [-0.4, -0.2) is 40.5 Å². The zero-order valence-corrected chi connectivity index (χ0v) is 12.0. The molecule has 1 unspecified atom stereocenters. The van der Waals surface area contributed by atoms with Crippen molar-refractivity contribution >= 4 is 5.78 Å². The molecule has 0 aromatic heterocycles. The van der Waals surface area contributed by atoms with E-state index in [2.05, 4.69) is 4.90 Å². The third-order valence-corrected chi connectivity index (χ3v) is 4.14. The number of carbonyl (C=O) groups is 1. The molecule has 1 fully saturated rings. The molecule has 19 heavy (non-hydrogen) atoms. The van der Waals surface area contributed by atoms with Gasteiger partial charge in [0.2, 0.25) is 0 Å². The number of benzene rings is 1. The van der Waals surface area contributed by atoms with Gasteiger partial charge in [0.15, 0.2) is 5.78 Å². The lowest BCUT2D eigenvalue weighted by molar-refractivity contribution is -0.0127. The molecule has 1 aromatic carbocycles. The van der Waals surface area contributed by atoms with Crippen LogP contribution >= 0.6 is 0 Å². The van der Waals surface area contributed by atoms with E-state index >= 15 is 0 Å². The van der Waals surface area contributed by atoms with E-state index in [0.717, 1.165) is 31.5 Å². The smallest absolute Gasteiger partial charge is 0.179 e. The van der Waals surface area contributed by atoms with Gasteiger partial charge in [0.1, 0.15) is 0 Å². The van der Waals surface area contributed by atoms with Crippen LogP contribution in [0, 0.1) is 6.92 Å². The lowest BCUT2D eigenvalue weighted by atomic mass is 9.92. The molecule has 0 aliphatic carbocycles. The van der Waals surface area contributed by atoms with Crippen LogP contribution in [-0.2, 0) is 0 Å². The monoisotopic (exact) mass is 261 g/mol. The summed E-state index contributed by atoms with van der Waals surface area (Å²) in [5.41, 5.74) is 1.37. The molecule has 0 radical (unpaired) electrons. The van der Waals surface area contributed by atoms with Crippen LogP contribution in [0.1, 0.15) is 42.6 Å². The van der Waals surface area contributed by atoms with E-state index < -0.39 is 5.60 Å². The largest absolute Gasteiger partial charge is 0.390 e. The number of carbonyl (C=O) groups excluding carboxylic acids is 1. The minimum atomic E-state index is -0.566. The van der Waals surface area contributed by atoms with Crippen LogP contribution in [0.2, 0.25) is 0 Å². The molecule has 104 valence electrons. The molecular formula is C16H23NO2. The Morgan fingerprint density at radius 3 is 2.32 bits per heavy atom. The highest BCUT2D eigenvalue weighted by Crippen LogP contribution is 2.23. The summed E-state index contributed by atoms with van der Waals surface area (Å²) in [5.74, 6) is 0.168. The Morgan fingerprint density at radius 1 is 1.26 bits per heavy atom. The normalized spacial score (nSPS) is 21.1. The first-order chi connectivity index (χ1) is 8.89. The molecule has 1 aromatic rings. The van der Waals surface area contributed by atoms with Gasteiger partial charge in [-0.1, -0.05) is 29.8 Å². The zero-order chi connectivity index (χ0) is 14.0. The summed E-state index contributed by atoms with van der Waals surface area (Å²) >= 11 is 0. The van der Waals surface area contributed by atoms with Crippen molar-refractivity contribution in [3.05, 3.63) is 35.4 Å². The number of nitrogens with zero attached hydrogens (tertiary/aromatic N) is 1. The van der Waals surface area contributed by atoms with Gasteiger partial charge in [-0.05, 0) is 33.6 Å². The van der Waals surface area contributed by atoms with E-state index in [4.69, 9.17) is 0 Å². The molecule has 0 amide bonds. The van der Waals surface area contributed by atoms with Gasteiger partial charge in [-0.2, -0.15) is 0 Å². The molecule has 1 saturated heterocycles. The number of likely N-dealkylation sites (tertiary alicyclic amines) is 1. The molecule has 1 N–H and O–H groups in total. The zero-order valence-electron chi connectivity index (χ0n) is 12.0. The van der Waals surface area contributed by atoms with E-state index in [1.165, 1.54) is 5.56 Å². The van der Waals surface area contributed by atoms with Crippen LogP contribution in [0.3, 0.4) is 0 Å². The summed E-state index contributed by atoms with van der Waals surface area (Å²) in [6, 6.07) is 7.63. The number of aryl methyl sites for hydroxylation is 1. The van der Waals surface area contributed by atoms with E-state index in [0.29, 0.717) is 0 Å². The van der Waals surface area contributed by atoms with Gasteiger partial charge < -0.3 is 5.11 Å². The Hall–Kier alpha value is -1.19. The van der Waals surface area contributed by atoms with Crippen molar-refractivity contribution in [3.63, 3.8) is 0 Å². The maximum Gasteiger partial charge on any atom is 0.179 e. The molecule has 1 heterocycles. The molecular weight excluding hydrogens is 238 g/mol. The van der Waals surface area contributed by atoms with Gasteiger partial charge >= 0.3 is 0 Å². The molecule has 2 rings (SSSR count). The van der Waals surface area contributed by atoms with E-state index in [-0.39, 0.29) is 11.8 Å². The minimum Gasteiger partial charge on any atom is -0.390 e. The molecule has 1 atom stereocenters. The molecule has 3 heteroatoms. The summed E-state index contributed by atoms with van der Waals surface area (Å²) in [4.78, 5) is 14.6. The van der Waals surface area contributed by atoms with Crippen molar-refractivity contribution in [1.29, 1.82) is 0 Å². The maximum atomic E-state index is 12.4. The van der Waals surface area contributed by atoms with E-state index in [1.807, 2.05) is 45.0 Å². The quantitative estimate of drug-likeness (QED) is 0.849. The molecule has 1 aliphatic rings. The van der Waals surface area contributed by atoms with Crippen LogP contribution in [0.15, 0.2) is 24.3 Å². The Bertz CT molecular complexity index is 440. The highest BCUT2D eigenvalue weighted by Gasteiger charge is 2.31. The summed E-state index contributed by atoms with van der Waals surface area (Å²) in [6.45, 7) is 7.42. The number of Topliss-reactive ketones (excluding diaryl/α,β-unsaturated/α-hetero) is 1. The van der Waals surface area contributed by atoms with Gasteiger partial charge in [0, 0.05) is 18.7 Å². The lowest BCUT2D eigenvalue weighted by Gasteiger charge is -2.38.